The van der Waals surface area contributed by atoms with Crippen molar-refractivity contribution in [3.8, 4) is 0 Å². The molecule has 0 bridgehead atoms. The van der Waals surface area contributed by atoms with Gasteiger partial charge in [0, 0.05) is 6.54 Å². The van der Waals surface area contributed by atoms with Gasteiger partial charge in [-0.05, 0) is 13.5 Å². The van der Waals surface area contributed by atoms with Crippen molar-refractivity contribution >= 4 is 11.9 Å². The molecular weight excluding hydrogens is 210 g/mol. The minimum Gasteiger partial charge on any atom is -0.481 e. The van der Waals surface area contributed by atoms with Gasteiger partial charge in [0.05, 0.1) is 19.6 Å². The monoisotopic (exact) mass is 231 g/mol. The predicted molar refractivity (Wildman–Crippen MR) is 60.2 cm³/mol. The largest absolute Gasteiger partial charge is 0.481 e. The number of carbonyl (C=O) groups is 2. The van der Waals surface area contributed by atoms with Crippen LogP contribution in [0.4, 0.5) is 0 Å². The number of rotatable bonds is 9. The number of unbranched alkanes of at least 4 members (excludes halogenated alkanes) is 2. The maximum absolute atomic E-state index is 11.2. The van der Waals surface area contributed by atoms with Crippen molar-refractivity contribution in [2.75, 3.05) is 26.7 Å². The number of hydrogen-bond donors (Lipinski definition) is 1. The van der Waals surface area contributed by atoms with Crippen LogP contribution in [-0.2, 0) is 14.3 Å². The van der Waals surface area contributed by atoms with E-state index in [1.807, 2.05) is 0 Å². The third kappa shape index (κ3) is 9.45. The third-order valence-electron chi connectivity index (χ3n) is 2.12. The number of likely N-dealkylation sites (N-methyl/N-ethyl adjacent to an activating group) is 1. The predicted octanol–water partition coefficient (Wildman–Crippen LogP) is 1.13. The van der Waals surface area contributed by atoms with Crippen molar-refractivity contribution < 1.29 is 19.4 Å². The van der Waals surface area contributed by atoms with Crippen molar-refractivity contribution in [3.63, 3.8) is 0 Å². The van der Waals surface area contributed by atoms with E-state index in [-0.39, 0.29) is 18.9 Å². The molecule has 0 saturated carbocycles. The number of aliphatic carboxylic acids is 1. The van der Waals surface area contributed by atoms with E-state index >= 15 is 0 Å². The first-order valence-electron chi connectivity index (χ1n) is 5.62. The van der Waals surface area contributed by atoms with Gasteiger partial charge in [0.2, 0.25) is 0 Å². The van der Waals surface area contributed by atoms with Crippen LogP contribution in [0.3, 0.4) is 0 Å². The second-order valence-corrected chi connectivity index (χ2v) is 3.81. The van der Waals surface area contributed by atoms with Crippen molar-refractivity contribution in [2.45, 2.75) is 32.6 Å². The first-order valence-corrected chi connectivity index (χ1v) is 5.62. The Bertz CT molecular complexity index is 218. The van der Waals surface area contributed by atoms with E-state index in [0.29, 0.717) is 13.2 Å². The summed E-state index contributed by atoms with van der Waals surface area (Å²) in [5.41, 5.74) is 0. The summed E-state index contributed by atoms with van der Waals surface area (Å²) in [5.74, 6) is -1.15. The molecule has 0 aromatic heterocycles. The SMILES string of the molecule is CCCCCOC(=O)CN(C)CCC(=O)O. The van der Waals surface area contributed by atoms with Gasteiger partial charge in [-0.15, -0.1) is 0 Å². The summed E-state index contributed by atoms with van der Waals surface area (Å²) in [4.78, 5) is 23.2. The number of carboxylic acids is 1. The highest BCUT2D eigenvalue weighted by molar-refractivity contribution is 5.71. The highest BCUT2D eigenvalue weighted by Crippen LogP contribution is 1.95. The first kappa shape index (κ1) is 14.9. The molecule has 0 atom stereocenters. The van der Waals surface area contributed by atoms with Gasteiger partial charge in [0.1, 0.15) is 0 Å². The number of carboxylic acid groups (broad SMARTS) is 1. The standard InChI is InChI=1S/C11H21NO4/c1-3-4-5-8-16-11(15)9-12(2)7-6-10(13)14/h3-9H2,1-2H3,(H,13,14). The van der Waals surface area contributed by atoms with Crippen LogP contribution in [0, 0.1) is 0 Å². The zero-order valence-corrected chi connectivity index (χ0v) is 10.1. The minimum absolute atomic E-state index is 0.0413. The maximum atomic E-state index is 11.2. The van der Waals surface area contributed by atoms with Crippen LogP contribution >= 0.6 is 0 Å². The number of nitrogens with zero attached hydrogens (tertiary/aromatic N) is 1. The summed E-state index contributed by atoms with van der Waals surface area (Å²) in [5, 5.41) is 8.45. The molecule has 5 nitrogen and oxygen atoms in total. The molecule has 0 fully saturated rings. The Morgan fingerprint density at radius 3 is 2.56 bits per heavy atom. The highest BCUT2D eigenvalue weighted by atomic mass is 16.5. The van der Waals surface area contributed by atoms with E-state index in [9.17, 15) is 9.59 Å². The van der Waals surface area contributed by atoms with Gasteiger partial charge in [0.15, 0.2) is 0 Å². The van der Waals surface area contributed by atoms with Crippen LogP contribution in [0.5, 0.6) is 0 Å². The smallest absolute Gasteiger partial charge is 0.320 e. The van der Waals surface area contributed by atoms with Crippen molar-refractivity contribution in [2.24, 2.45) is 0 Å². The highest BCUT2D eigenvalue weighted by Gasteiger charge is 2.08. The van der Waals surface area contributed by atoms with Gasteiger partial charge in [-0.25, -0.2) is 0 Å². The Hall–Kier alpha value is -1.10. The first-order chi connectivity index (χ1) is 7.56. The summed E-state index contributed by atoms with van der Waals surface area (Å²) in [6, 6.07) is 0. The quantitative estimate of drug-likeness (QED) is 0.476. The molecule has 0 spiro atoms. The zero-order chi connectivity index (χ0) is 12.4. The Morgan fingerprint density at radius 2 is 2.00 bits per heavy atom. The van der Waals surface area contributed by atoms with Gasteiger partial charge < -0.3 is 9.84 Å². The molecular formula is C11H21NO4. The van der Waals surface area contributed by atoms with Gasteiger partial charge in [0.25, 0.3) is 0 Å². The van der Waals surface area contributed by atoms with Crippen LogP contribution in [0.2, 0.25) is 0 Å². The number of carbonyl (C=O) groups excluding carboxylic acids is 1. The van der Waals surface area contributed by atoms with E-state index < -0.39 is 5.97 Å². The Labute approximate surface area is 96.4 Å². The average Bonchev–Trinajstić information content (AvgIpc) is 2.21. The fourth-order valence-corrected chi connectivity index (χ4v) is 1.17. The lowest BCUT2D eigenvalue weighted by Crippen LogP contribution is -2.29. The molecule has 0 aromatic carbocycles. The van der Waals surface area contributed by atoms with Crippen molar-refractivity contribution in [3.05, 3.63) is 0 Å². The molecule has 0 aromatic rings. The third-order valence-corrected chi connectivity index (χ3v) is 2.12. The molecule has 5 heteroatoms. The van der Waals surface area contributed by atoms with Gasteiger partial charge in [-0.2, -0.15) is 0 Å². The van der Waals surface area contributed by atoms with Crippen LogP contribution in [0.1, 0.15) is 32.6 Å². The molecule has 0 aliphatic rings. The number of ether oxygens (including phenoxy) is 1. The summed E-state index contributed by atoms with van der Waals surface area (Å²) in [6.45, 7) is 3.06. The Balaban J connectivity index is 3.50. The molecule has 0 radical (unpaired) electrons. The zero-order valence-electron chi connectivity index (χ0n) is 10.1. The average molecular weight is 231 g/mol. The molecule has 0 aliphatic carbocycles. The molecule has 16 heavy (non-hydrogen) atoms. The van der Waals surface area contributed by atoms with E-state index in [2.05, 4.69) is 6.92 Å². The maximum Gasteiger partial charge on any atom is 0.320 e. The molecule has 0 rings (SSSR count). The van der Waals surface area contributed by atoms with E-state index in [1.54, 1.807) is 11.9 Å². The lowest BCUT2D eigenvalue weighted by molar-refractivity contribution is -0.145. The van der Waals surface area contributed by atoms with Crippen molar-refractivity contribution in [1.82, 2.24) is 4.90 Å². The number of hydrogen-bond acceptors (Lipinski definition) is 4. The molecule has 0 aliphatic heterocycles. The lowest BCUT2D eigenvalue weighted by atomic mass is 10.3. The molecule has 1 N–H and O–H groups in total. The van der Waals surface area contributed by atoms with Crippen LogP contribution in [0.25, 0.3) is 0 Å². The molecule has 0 saturated heterocycles. The van der Waals surface area contributed by atoms with Gasteiger partial charge >= 0.3 is 11.9 Å². The van der Waals surface area contributed by atoms with E-state index in [1.165, 1.54) is 0 Å². The Morgan fingerprint density at radius 1 is 1.31 bits per heavy atom. The van der Waals surface area contributed by atoms with Crippen molar-refractivity contribution in [1.29, 1.82) is 0 Å². The van der Waals surface area contributed by atoms with Crippen LogP contribution < -0.4 is 0 Å². The van der Waals surface area contributed by atoms with Crippen LogP contribution in [-0.4, -0.2) is 48.7 Å². The van der Waals surface area contributed by atoms with Gasteiger partial charge in [-0.1, -0.05) is 19.8 Å². The summed E-state index contributed by atoms with van der Waals surface area (Å²) in [6.07, 6.45) is 3.08. The summed E-state index contributed by atoms with van der Waals surface area (Å²) in [7, 11) is 1.70. The normalized spacial score (nSPS) is 10.4. The molecule has 0 amide bonds. The molecule has 94 valence electrons. The lowest BCUT2D eigenvalue weighted by Gasteiger charge is -2.14. The topological polar surface area (TPSA) is 66.8 Å². The fourth-order valence-electron chi connectivity index (χ4n) is 1.17. The second-order valence-electron chi connectivity index (χ2n) is 3.81. The minimum atomic E-state index is -0.858. The fraction of sp³-hybridized carbons (Fsp3) is 0.818. The number of esters is 1. The summed E-state index contributed by atoms with van der Waals surface area (Å²) >= 11 is 0. The summed E-state index contributed by atoms with van der Waals surface area (Å²) < 4.78 is 4.99. The second kappa shape index (κ2) is 9.15. The van der Waals surface area contributed by atoms with E-state index in [0.717, 1.165) is 19.3 Å². The van der Waals surface area contributed by atoms with Gasteiger partial charge in [-0.3, -0.25) is 14.5 Å². The molecule has 0 heterocycles. The molecule has 0 unspecified atom stereocenters. The van der Waals surface area contributed by atoms with Crippen LogP contribution in [0.15, 0.2) is 0 Å². The Kier molecular flexibility index (Phi) is 8.52. The van der Waals surface area contributed by atoms with E-state index in [4.69, 9.17) is 9.84 Å².